The van der Waals surface area contributed by atoms with Gasteiger partial charge in [-0.1, -0.05) is 25.1 Å². The van der Waals surface area contributed by atoms with Gasteiger partial charge in [-0.2, -0.15) is 0 Å². The predicted molar refractivity (Wildman–Crippen MR) is 78.5 cm³/mol. The van der Waals surface area contributed by atoms with Gasteiger partial charge in [0.2, 0.25) is 0 Å². The average molecular weight is 254 g/mol. The summed E-state index contributed by atoms with van der Waals surface area (Å²) in [6.07, 6.45) is 0.954. The number of rotatable bonds is 4. The minimum absolute atomic E-state index is 0.00760. The van der Waals surface area contributed by atoms with Crippen LogP contribution >= 0.6 is 0 Å². The standard InChI is InChI=1S/C17H20NO/c1-4-14-6-5-7-16(10-14)19-17-9-12(2)8-15(11-17)13(3)18/h5-9,11,13H,4,18H2,1-3H3. The molecular weight excluding hydrogens is 234 g/mol. The third-order valence-electron chi connectivity index (χ3n) is 3.04. The number of hydrogen-bond donors (Lipinski definition) is 1. The number of aryl methyl sites for hydroxylation is 2. The fraction of sp³-hybridized carbons (Fsp3) is 0.294. The van der Waals surface area contributed by atoms with Crippen LogP contribution in [0, 0.1) is 13.0 Å². The van der Waals surface area contributed by atoms with Crippen LogP contribution in [0.5, 0.6) is 11.5 Å². The second kappa shape index (κ2) is 5.89. The first kappa shape index (κ1) is 13.6. The maximum atomic E-state index is 5.93. The molecule has 0 amide bonds. The summed E-state index contributed by atoms with van der Waals surface area (Å²) in [7, 11) is 0. The maximum Gasteiger partial charge on any atom is 0.135 e. The molecule has 2 N–H and O–H groups in total. The SMILES string of the molecule is CCc1[c]c(Oc2cc(C)cc(C(C)N)c2)ccc1. The van der Waals surface area contributed by atoms with E-state index >= 15 is 0 Å². The van der Waals surface area contributed by atoms with E-state index in [4.69, 9.17) is 10.5 Å². The summed E-state index contributed by atoms with van der Waals surface area (Å²) < 4.78 is 5.88. The first-order valence-corrected chi connectivity index (χ1v) is 6.64. The molecule has 1 radical (unpaired) electrons. The summed E-state index contributed by atoms with van der Waals surface area (Å²) in [5, 5.41) is 0. The van der Waals surface area contributed by atoms with Crippen molar-refractivity contribution in [3.05, 3.63) is 59.2 Å². The molecule has 0 aliphatic heterocycles. The topological polar surface area (TPSA) is 35.2 Å². The summed E-state index contributed by atoms with van der Waals surface area (Å²) in [4.78, 5) is 0. The van der Waals surface area contributed by atoms with Crippen LogP contribution in [0.25, 0.3) is 0 Å². The van der Waals surface area contributed by atoms with Crippen molar-refractivity contribution in [2.75, 3.05) is 0 Å². The van der Waals surface area contributed by atoms with Crippen LogP contribution in [0.4, 0.5) is 0 Å². The van der Waals surface area contributed by atoms with E-state index in [2.05, 4.69) is 25.1 Å². The summed E-state index contributed by atoms with van der Waals surface area (Å²) >= 11 is 0. The van der Waals surface area contributed by atoms with Crippen molar-refractivity contribution in [3.8, 4) is 11.5 Å². The molecule has 0 aliphatic carbocycles. The largest absolute Gasteiger partial charge is 0.457 e. The number of ether oxygens (including phenoxy) is 1. The van der Waals surface area contributed by atoms with Crippen LogP contribution in [0.1, 0.15) is 36.6 Å². The van der Waals surface area contributed by atoms with E-state index in [1.807, 2.05) is 38.1 Å². The van der Waals surface area contributed by atoms with Crippen LogP contribution in [0.3, 0.4) is 0 Å². The molecule has 99 valence electrons. The van der Waals surface area contributed by atoms with Crippen molar-refractivity contribution >= 4 is 0 Å². The van der Waals surface area contributed by atoms with Gasteiger partial charge in [0, 0.05) is 12.1 Å². The van der Waals surface area contributed by atoms with Crippen molar-refractivity contribution in [2.45, 2.75) is 33.2 Å². The van der Waals surface area contributed by atoms with E-state index in [1.165, 1.54) is 0 Å². The monoisotopic (exact) mass is 254 g/mol. The Morgan fingerprint density at radius 3 is 2.74 bits per heavy atom. The first-order valence-electron chi connectivity index (χ1n) is 6.64. The lowest BCUT2D eigenvalue weighted by atomic mass is 10.1. The van der Waals surface area contributed by atoms with E-state index in [0.29, 0.717) is 0 Å². The normalized spacial score (nSPS) is 12.2. The maximum absolute atomic E-state index is 5.93. The molecule has 0 fully saturated rings. The molecule has 0 heterocycles. The van der Waals surface area contributed by atoms with Crippen molar-refractivity contribution in [3.63, 3.8) is 0 Å². The van der Waals surface area contributed by atoms with Gasteiger partial charge >= 0.3 is 0 Å². The highest BCUT2D eigenvalue weighted by Gasteiger charge is 2.05. The molecule has 19 heavy (non-hydrogen) atoms. The van der Waals surface area contributed by atoms with Crippen LogP contribution in [-0.4, -0.2) is 0 Å². The van der Waals surface area contributed by atoms with Crippen LogP contribution < -0.4 is 10.5 Å². The Hall–Kier alpha value is -1.80. The Bertz CT molecular complexity index is 561. The molecule has 1 atom stereocenters. The van der Waals surface area contributed by atoms with Crippen LogP contribution in [0.15, 0.2) is 36.4 Å². The van der Waals surface area contributed by atoms with E-state index in [0.717, 1.165) is 34.6 Å². The Balaban J connectivity index is 2.27. The van der Waals surface area contributed by atoms with Crippen LogP contribution in [0.2, 0.25) is 0 Å². The molecule has 0 bridgehead atoms. The average Bonchev–Trinajstić information content (AvgIpc) is 2.38. The molecular formula is C17H20NO. The van der Waals surface area contributed by atoms with E-state index < -0.39 is 0 Å². The lowest BCUT2D eigenvalue weighted by molar-refractivity contribution is 0.479. The van der Waals surface area contributed by atoms with Crippen molar-refractivity contribution in [2.24, 2.45) is 5.73 Å². The minimum Gasteiger partial charge on any atom is -0.457 e. The van der Waals surface area contributed by atoms with Gasteiger partial charge in [-0.05, 0) is 55.2 Å². The Morgan fingerprint density at radius 2 is 2.05 bits per heavy atom. The first-order chi connectivity index (χ1) is 9.08. The Labute approximate surface area is 115 Å². The highest BCUT2D eigenvalue weighted by Crippen LogP contribution is 2.26. The van der Waals surface area contributed by atoms with Crippen molar-refractivity contribution in [1.82, 2.24) is 0 Å². The summed E-state index contributed by atoms with van der Waals surface area (Å²) in [5.74, 6) is 1.57. The Morgan fingerprint density at radius 1 is 1.26 bits per heavy atom. The second-order valence-electron chi connectivity index (χ2n) is 4.86. The summed E-state index contributed by atoms with van der Waals surface area (Å²) in [6.45, 7) is 6.13. The number of hydrogen-bond acceptors (Lipinski definition) is 2. The zero-order valence-corrected chi connectivity index (χ0v) is 11.7. The fourth-order valence-electron chi connectivity index (χ4n) is 1.98. The quantitative estimate of drug-likeness (QED) is 0.888. The highest BCUT2D eigenvalue weighted by molar-refractivity contribution is 5.39. The van der Waals surface area contributed by atoms with Crippen molar-refractivity contribution in [1.29, 1.82) is 0 Å². The lowest BCUT2D eigenvalue weighted by Gasteiger charge is -2.12. The fourth-order valence-corrected chi connectivity index (χ4v) is 1.98. The highest BCUT2D eigenvalue weighted by atomic mass is 16.5. The van der Waals surface area contributed by atoms with Gasteiger partial charge in [-0.15, -0.1) is 0 Å². The van der Waals surface area contributed by atoms with Gasteiger partial charge < -0.3 is 10.5 Å². The predicted octanol–water partition coefficient (Wildman–Crippen LogP) is 4.17. The summed E-state index contributed by atoms with van der Waals surface area (Å²) in [5.41, 5.74) is 9.31. The molecule has 2 rings (SSSR count). The molecule has 0 saturated heterocycles. The molecule has 2 aromatic carbocycles. The van der Waals surface area contributed by atoms with Gasteiger partial charge in [0.15, 0.2) is 0 Å². The second-order valence-corrected chi connectivity index (χ2v) is 4.86. The van der Waals surface area contributed by atoms with Crippen LogP contribution in [-0.2, 0) is 6.42 Å². The van der Waals surface area contributed by atoms with Gasteiger partial charge in [-0.3, -0.25) is 0 Å². The minimum atomic E-state index is 0.00760. The third kappa shape index (κ3) is 3.58. The zero-order chi connectivity index (χ0) is 13.8. The van der Waals surface area contributed by atoms with Gasteiger partial charge in [0.05, 0.1) is 0 Å². The van der Waals surface area contributed by atoms with Gasteiger partial charge in [-0.25, -0.2) is 0 Å². The van der Waals surface area contributed by atoms with E-state index in [-0.39, 0.29) is 6.04 Å². The molecule has 0 aliphatic rings. The molecule has 0 spiro atoms. The molecule has 2 nitrogen and oxygen atoms in total. The van der Waals surface area contributed by atoms with E-state index in [9.17, 15) is 0 Å². The Kier molecular flexibility index (Phi) is 4.23. The molecule has 2 aromatic rings. The summed E-state index contributed by atoms with van der Waals surface area (Å²) in [6, 6.07) is 15.3. The van der Waals surface area contributed by atoms with Gasteiger partial charge in [0.25, 0.3) is 0 Å². The number of benzene rings is 2. The molecule has 0 saturated carbocycles. The lowest BCUT2D eigenvalue weighted by Crippen LogP contribution is -2.05. The van der Waals surface area contributed by atoms with E-state index in [1.54, 1.807) is 0 Å². The molecule has 2 heteroatoms. The van der Waals surface area contributed by atoms with Crippen molar-refractivity contribution < 1.29 is 4.74 Å². The molecule has 0 aromatic heterocycles. The number of nitrogens with two attached hydrogens (primary N) is 1. The third-order valence-corrected chi connectivity index (χ3v) is 3.04. The van der Waals surface area contributed by atoms with Gasteiger partial charge in [0.1, 0.15) is 11.5 Å². The zero-order valence-electron chi connectivity index (χ0n) is 11.7. The smallest absolute Gasteiger partial charge is 0.135 e. The molecule has 1 unspecified atom stereocenters.